The fourth-order valence-electron chi connectivity index (χ4n) is 1.62. The fraction of sp³-hybridized carbons (Fsp3) is 0.100. The zero-order chi connectivity index (χ0) is 11.9. The molecule has 2 N–H and O–H groups in total. The van der Waals surface area contributed by atoms with Gasteiger partial charge in [0.05, 0.1) is 10.5 Å². The Balaban J connectivity index is 2.86. The van der Waals surface area contributed by atoms with Gasteiger partial charge in [0.15, 0.2) is 0 Å². The van der Waals surface area contributed by atoms with Crippen LogP contribution in [0.3, 0.4) is 0 Å². The van der Waals surface area contributed by atoms with E-state index in [0.717, 1.165) is 11.6 Å². The van der Waals surface area contributed by atoms with Crippen molar-refractivity contribution in [3.05, 3.63) is 39.6 Å². The van der Waals surface area contributed by atoms with Crippen molar-refractivity contribution < 1.29 is 14.8 Å². The minimum Gasteiger partial charge on any atom is -0.478 e. The van der Waals surface area contributed by atoms with Gasteiger partial charge in [-0.15, -0.1) is 0 Å². The van der Waals surface area contributed by atoms with Gasteiger partial charge in [0.1, 0.15) is 5.52 Å². The Morgan fingerprint density at radius 3 is 2.75 bits per heavy atom. The maximum Gasteiger partial charge on any atom is 0.335 e. The number of hydrogen-bond acceptors (Lipinski definition) is 3. The number of aromatic carboxylic acids is 1. The Hall–Kier alpha value is -2.37. The van der Waals surface area contributed by atoms with Crippen molar-refractivity contribution in [3.63, 3.8) is 0 Å². The lowest BCUT2D eigenvalue weighted by Crippen LogP contribution is -1.98. The maximum absolute atomic E-state index is 10.8. The number of aryl methyl sites for hydroxylation is 1. The van der Waals surface area contributed by atoms with E-state index >= 15 is 0 Å². The van der Waals surface area contributed by atoms with Crippen LogP contribution in [0.25, 0.3) is 10.9 Å². The number of non-ortho nitro benzene ring substituents is 1. The van der Waals surface area contributed by atoms with Crippen LogP contribution in [0.1, 0.15) is 15.9 Å². The second-order valence-electron chi connectivity index (χ2n) is 3.45. The number of aromatic amines is 1. The number of nitro benzene ring substituents is 1. The normalized spacial score (nSPS) is 10.6. The molecule has 2 aromatic rings. The highest BCUT2D eigenvalue weighted by atomic mass is 16.6. The summed E-state index contributed by atoms with van der Waals surface area (Å²) in [6.45, 7) is 1.76. The second kappa shape index (κ2) is 3.34. The highest BCUT2D eigenvalue weighted by Crippen LogP contribution is 2.28. The SMILES string of the molecule is Cc1c[nH]c2c([N+](=O)[O-])cc(C(=O)O)cc12. The van der Waals surface area contributed by atoms with Crippen LogP contribution in [0.2, 0.25) is 0 Å². The Morgan fingerprint density at radius 2 is 2.19 bits per heavy atom. The summed E-state index contributed by atoms with van der Waals surface area (Å²) < 4.78 is 0. The lowest BCUT2D eigenvalue weighted by Gasteiger charge is -1.98. The second-order valence-corrected chi connectivity index (χ2v) is 3.45. The average Bonchev–Trinajstić information content (AvgIpc) is 2.59. The molecule has 0 radical (unpaired) electrons. The Bertz CT molecular complexity index is 600. The number of carboxylic acid groups (broad SMARTS) is 1. The van der Waals surface area contributed by atoms with Crippen LogP contribution in [0.5, 0.6) is 0 Å². The van der Waals surface area contributed by atoms with E-state index in [2.05, 4.69) is 4.98 Å². The molecule has 1 aromatic carbocycles. The number of nitrogens with zero attached hydrogens (tertiary/aromatic N) is 1. The molecule has 0 aliphatic carbocycles. The molecule has 0 atom stereocenters. The summed E-state index contributed by atoms with van der Waals surface area (Å²) in [6.07, 6.45) is 1.61. The number of rotatable bonds is 2. The van der Waals surface area contributed by atoms with Gasteiger partial charge in [-0.1, -0.05) is 0 Å². The van der Waals surface area contributed by atoms with Crippen molar-refractivity contribution in [3.8, 4) is 0 Å². The number of aromatic nitrogens is 1. The predicted octanol–water partition coefficient (Wildman–Crippen LogP) is 2.08. The number of nitro groups is 1. The molecule has 6 heteroatoms. The van der Waals surface area contributed by atoms with E-state index in [-0.39, 0.29) is 11.3 Å². The zero-order valence-electron chi connectivity index (χ0n) is 8.35. The third-order valence-corrected chi connectivity index (χ3v) is 2.42. The van der Waals surface area contributed by atoms with Crippen molar-refractivity contribution in [2.75, 3.05) is 0 Å². The maximum atomic E-state index is 10.8. The lowest BCUT2D eigenvalue weighted by atomic mass is 10.1. The fourth-order valence-corrected chi connectivity index (χ4v) is 1.62. The van der Waals surface area contributed by atoms with E-state index in [9.17, 15) is 14.9 Å². The molecule has 2 rings (SSSR count). The molecular weight excluding hydrogens is 212 g/mol. The number of benzene rings is 1. The van der Waals surface area contributed by atoms with Crippen LogP contribution >= 0.6 is 0 Å². The summed E-state index contributed by atoms with van der Waals surface area (Å²) in [7, 11) is 0. The number of nitrogens with one attached hydrogen (secondary N) is 1. The first-order valence-corrected chi connectivity index (χ1v) is 4.50. The largest absolute Gasteiger partial charge is 0.478 e. The summed E-state index contributed by atoms with van der Waals surface area (Å²) in [4.78, 5) is 23.8. The lowest BCUT2D eigenvalue weighted by molar-refractivity contribution is -0.383. The van der Waals surface area contributed by atoms with Crippen LogP contribution < -0.4 is 0 Å². The van der Waals surface area contributed by atoms with E-state index in [0.29, 0.717) is 10.9 Å². The third kappa shape index (κ3) is 1.40. The minimum atomic E-state index is -1.18. The molecule has 6 nitrogen and oxygen atoms in total. The molecule has 0 aliphatic heterocycles. The molecule has 0 amide bonds. The molecular formula is C10H8N2O4. The Kier molecular flexibility index (Phi) is 2.12. The molecule has 16 heavy (non-hydrogen) atoms. The summed E-state index contributed by atoms with van der Waals surface area (Å²) >= 11 is 0. The molecule has 0 fully saturated rings. The van der Waals surface area contributed by atoms with E-state index < -0.39 is 10.9 Å². The highest BCUT2D eigenvalue weighted by Gasteiger charge is 2.18. The monoisotopic (exact) mass is 220 g/mol. The van der Waals surface area contributed by atoms with Crippen molar-refractivity contribution in [1.82, 2.24) is 4.98 Å². The van der Waals surface area contributed by atoms with Crippen LogP contribution in [-0.4, -0.2) is 21.0 Å². The average molecular weight is 220 g/mol. The van der Waals surface area contributed by atoms with Crippen molar-refractivity contribution >= 4 is 22.6 Å². The summed E-state index contributed by atoms with van der Waals surface area (Å²) in [5.74, 6) is -1.18. The summed E-state index contributed by atoms with van der Waals surface area (Å²) in [5, 5.41) is 20.2. The molecule has 1 heterocycles. The van der Waals surface area contributed by atoms with Crippen LogP contribution in [0.4, 0.5) is 5.69 Å². The van der Waals surface area contributed by atoms with Crippen LogP contribution in [-0.2, 0) is 0 Å². The molecule has 0 spiro atoms. The highest BCUT2D eigenvalue weighted by molar-refractivity contribution is 5.99. The van der Waals surface area contributed by atoms with Gasteiger partial charge in [-0.05, 0) is 18.6 Å². The minimum absolute atomic E-state index is 0.0816. The van der Waals surface area contributed by atoms with Crippen molar-refractivity contribution in [1.29, 1.82) is 0 Å². The van der Waals surface area contributed by atoms with Gasteiger partial charge in [0.2, 0.25) is 0 Å². The van der Waals surface area contributed by atoms with E-state index in [1.165, 1.54) is 6.07 Å². The predicted molar refractivity (Wildman–Crippen MR) is 56.6 cm³/mol. The molecule has 0 saturated heterocycles. The number of H-pyrrole nitrogens is 1. The van der Waals surface area contributed by atoms with Crippen LogP contribution in [0.15, 0.2) is 18.3 Å². The van der Waals surface area contributed by atoms with Gasteiger partial charge < -0.3 is 10.1 Å². The van der Waals surface area contributed by atoms with Crippen molar-refractivity contribution in [2.45, 2.75) is 6.92 Å². The van der Waals surface area contributed by atoms with Gasteiger partial charge >= 0.3 is 5.97 Å². The molecule has 0 unspecified atom stereocenters. The smallest absolute Gasteiger partial charge is 0.335 e. The quantitative estimate of drug-likeness (QED) is 0.598. The first kappa shape index (κ1) is 10.2. The summed E-state index contributed by atoms with van der Waals surface area (Å²) in [6, 6.07) is 2.48. The van der Waals surface area contributed by atoms with Crippen LogP contribution in [0, 0.1) is 17.0 Å². The van der Waals surface area contributed by atoms with E-state index in [1.807, 2.05) is 0 Å². The molecule has 82 valence electrons. The van der Waals surface area contributed by atoms with Gasteiger partial charge in [-0.2, -0.15) is 0 Å². The molecule has 0 saturated carbocycles. The number of fused-ring (bicyclic) bond motifs is 1. The van der Waals surface area contributed by atoms with Gasteiger partial charge in [0, 0.05) is 17.6 Å². The van der Waals surface area contributed by atoms with Crippen molar-refractivity contribution in [2.24, 2.45) is 0 Å². The number of carboxylic acids is 1. The molecule has 1 aromatic heterocycles. The first-order valence-electron chi connectivity index (χ1n) is 4.50. The Morgan fingerprint density at radius 1 is 1.50 bits per heavy atom. The van der Waals surface area contributed by atoms with Gasteiger partial charge in [0.25, 0.3) is 5.69 Å². The van der Waals surface area contributed by atoms with Gasteiger partial charge in [-0.3, -0.25) is 10.1 Å². The first-order chi connectivity index (χ1) is 7.50. The number of carbonyl (C=O) groups is 1. The summed E-state index contributed by atoms with van der Waals surface area (Å²) in [5.41, 5.74) is 0.832. The molecule has 0 aliphatic rings. The Labute approximate surface area is 89.7 Å². The molecule has 0 bridgehead atoms. The number of hydrogen-bond donors (Lipinski definition) is 2. The standard InChI is InChI=1S/C10H8N2O4/c1-5-4-11-9-7(5)2-6(10(13)14)3-8(9)12(15)16/h2-4,11H,1H3,(H,13,14). The van der Waals surface area contributed by atoms with E-state index in [1.54, 1.807) is 13.1 Å². The third-order valence-electron chi connectivity index (χ3n) is 2.42. The zero-order valence-corrected chi connectivity index (χ0v) is 8.35. The van der Waals surface area contributed by atoms with Gasteiger partial charge in [-0.25, -0.2) is 4.79 Å². The topological polar surface area (TPSA) is 96.2 Å². The van der Waals surface area contributed by atoms with E-state index in [4.69, 9.17) is 5.11 Å².